The van der Waals surface area contributed by atoms with Crippen LogP contribution in [0.25, 0.3) is 0 Å². The van der Waals surface area contributed by atoms with Crippen molar-refractivity contribution in [3.8, 4) is 5.75 Å². The number of nitrogens with one attached hydrogen (secondary N) is 3. The molecule has 6 nitrogen and oxygen atoms in total. The molecule has 0 saturated heterocycles. The number of aliphatic hydroxyl groups excluding tert-OH is 1. The summed E-state index contributed by atoms with van der Waals surface area (Å²) in [5, 5.41) is 28.4. The zero-order valence-electron chi connectivity index (χ0n) is 12.9. The van der Waals surface area contributed by atoms with Crippen molar-refractivity contribution in [3.63, 3.8) is 0 Å². The maximum Gasteiger partial charge on any atom is 0.211 e. The molecule has 2 rings (SSSR count). The molecule has 0 aliphatic rings. The zero-order chi connectivity index (χ0) is 16.7. The second kappa shape index (κ2) is 8.17. The summed E-state index contributed by atoms with van der Waals surface area (Å²) in [6, 6.07) is 12.6. The lowest BCUT2D eigenvalue weighted by atomic mass is 10.1. The molecule has 1 unspecified atom stereocenters. The third kappa shape index (κ3) is 4.70. The average molecular weight is 315 g/mol. The van der Waals surface area contributed by atoms with E-state index in [1.54, 1.807) is 12.1 Å². The fourth-order valence-corrected chi connectivity index (χ4v) is 2.20. The fourth-order valence-electron chi connectivity index (χ4n) is 2.20. The van der Waals surface area contributed by atoms with E-state index >= 15 is 0 Å². The standard InChI is InChI=1S/C17H21N3O3/c1-18-14-5-2-12(3-6-14)9-19-10-17(23)13-4-7-16(22)15(8-13)20-11-21/h2-8,11,17-19,22-23H,9-10H2,1H3,(H,20,21). The Morgan fingerprint density at radius 2 is 1.91 bits per heavy atom. The van der Waals surface area contributed by atoms with Crippen molar-refractivity contribution >= 4 is 17.8 Å². The van der Waals surface area contributed by atoms with E-state index in [1.165, 1.54) is 6.07 Å². The van der Waals surface area contributed by atoms with Crippen LogP contribution in [0.4, 0.5) is 11.4 Å². The van der Waals surface area contributed by atoms with Crippen LogP contribution in [0.5, 0.6) is 5.75 Å². The summed E-state index contributed by atoms with van der Waals surface area (Å²) in [7, 11) is 1.87. The van der Waals surface area contributed by atoms with Gasteiger partial charge in [0.1, 0.15) is 5.75 Å². The van der Waals surface area contributed by atoms with Crippen molar-refractivity contribution in [1.82, 2.24) is 5.32 Å². The molecule has 0 spiro atoms. The first-order valence-electron chi connectivity index (χ1n) is 7.32. The first-order valence-corrected chi connectivity index (χ1v) is 7.32. The Balaban J connectivity index is 1.89. The SMILES string of the molecule is CNc1ccc(CNCC(O)c2ccc(O)c(NC=O)c2)cc1. The van der Waals surface area contributed by atoms with Gasteiger partial charge in [0, 0.05) is 25.8 Å². The Morgan fingerprint density at radius 1 is 1.17 bits per heavy atom. The highest BCUT2D eigenvalue weighted by Crippen LogP contribution is 2.26. The van der Waals surface area contributed by atoms with Gasteiger partial charge in [0.15, 0.2) is 0 Å². The van der Waals surface area contributed by atoms with Crippen LogP contribution in [0.3, 0.4) is 0 Å². The van der Waals surface area contributed by atoms with Crippen LogP contribution in [0.15, 0.2) is 42.5 Å². The minimum absolute atomic E-state index is 0.0365. The van der Waals surface area contributed by atoms with E-state index in [2.05, 4.69) is 16.0 Å². The number of carbonyl (C=O) groups is 1. The maximum atomic E-state index is 10.5. The number of rotatable bonds is 8. The van der Waals surface area contributed by atoms with Crippen molar-refractivity contribution in [2.45, 2.75) is 12.6 Å². The zero-order valence-corrected chi connectivity index (χ0v) is 12.9. The van der Waals surface area contributed by atoms with Crippen LogP contribution in [-0.2, 0) is 11.3 Å². The first-order chi connectivity index (χ1) is 11.1. The van der Waals surface area contributed by atoms with Crippen LogP contribution in [0, 0.1) is 0 Å². The summed E-state index contributed by atoms with van der Waals surface area (Å²) in [5.74, 6) is -0.0365. The number of anilines is 2. The summed E-state index contributed by atoms with van der Waals surface area (Å²) in [4.78, 5) is 10.5. The molecule has 0 bridgehead atoms. The van der Waals surface area contributed by atoms with Crippen LogP contribution in [0.1, 0.15) is 17.2 Å². The first kappa shape index (κ1) is 16.8. The third-order valence-electron chi connectivity index (χ3n) is 3.53. The largest absolute Gasteiger partial charge is 0.506 e. The lowest BCUT2D eigenvalue weighted by molar-refractivity contribution is -0.105. The number of amides is 1. The van der Waals surface area contributed by atoms with E-state index < -0.39 is 6.10 Å². The van der Waals surface area contributed by atoms with E-state index in [-0.39, 0.29) is 11.4 Å². The number of benzene rings is 2. The van der Waals surface area contributed by atoms with Crippen molar-refractivity contribution in [2.75, 3.05) is 24.2 Å². The molecule has 0 saturated carbocycles. The summed E-state index contributed by atoms with van der Waals surface area (Å²) < 4.78 is 0. The Labute approximate surface area is 135 Å². The smallest absolute Gasteiger partial charge is 0.211 e. The molecular formula is C17H21N3O3. The topological polar surface area (TPSA) is 93.6 Å². The van der Waals surface area contributed by atoms with Crippen LogP contribution in [-0.4, -0.2) is 30.2 Å². The molecule has 0 radical (unpaired) electrons. The number of aliphatic hydroxyl groups is 1. The monoisotopic (exact) mass is 315 g/mol. The molecule has 0 fully saturated rings. The molecule has 5 N–H and O–H groups in total. The van der Waals surface area contributed by atoms with Crippen LogP contribution >= 0.6 is 0 Å². The highest BCUT2D eigenvalue weighted by molar-refractivity contribution is 5.75. The van der Waals surface area contributed by atoms with E-state index in [0.717, 1.165) is 11.3 Å². The van der Waals surface area contributed by atoms with Gasteiger partial charge in [0.2, 0.25) is 6.41 Å². The highest BCUT2D eigenvalue weighted by Gasteiger charge is 2.10. The molecule has 0 aromatic heterocycles. The molecule has 2 aromatic rings. The Kier molecular flexibility index (Phi) is 5.96. The van der Waals surface area contributed by atoms with E-state index in [9.17, 15) is 15.0 Å². The highest BCUT2D eigenvalue weighted by atomic mass is 16.3. The van der Waals surface area contributed by atoms with Gasteiger partial charge in [0.25, 0.3) is 0 Å². The summed E-state index contributed by atoms with van der Waals surface area (Å²) in [5.41, 5.74) is 3.06. The Morgan fingerprint density at radius 3 is 2.57 bits per heavy atom. The molecule has 23 heavy (non-hydrogen) atoms. The normalized spacial score (nSPS) is 11.7. The van der Waals surface area contributed by atoms with E-state index in [1.807, 2.05) is 31.3 Å². The fraction of sp³-hybridized carbons (Fsp3) is 0.235. The van der Waals surface area contributed by atoms with Gasteiger partial charge in [-0.05, 0) is 35.4 Å². The van der Waals surface area contributed by atoms with Gasteiger partial charge in [-0.15, -0.1) is 0 Å². The van der Waals surface area contributed by atoms with Crippen LogP contribution in [0.2, 0.25) is 0 Å². The summed E-state index contributed by atoms with van der Waals surface area (Å²) in [6.45, 7) is 0.998. The van der Waals surface area contributed by atoms with Gasteiger partial charge >= 0.3 is 0 Å². The average Bonchev–Trinajstić information content (AvgIpc) is 2.57. The molecule has 0 aliphatic heterocycles. The molecule has 6 heteroatoms. The predicted octanol–water partition coefficient (Wildman–Crippen LogP) is 1.83. The second-order valence-corrected chi connectivity index (χ2v) is 5.13. The van der Waals surface area contributed by atoms with Gasteiger partial charge in [-0.3, -0.25) is 4.79 Å². The molecule has 0 heterocycles. The van der Waals surface area contributed by atoms with Crippen molar-refractivity contribution in [1.29, 1.82) is 0 Å². The summed E-state index contributed by atoms with van der Waals surface area (Å²) >= 11 is 0. The lowest BCUT2D eigenvalue weighted by Crippen LogP contribution is -2.21. The number of phenols is 1. The maximum absolute atomic E-state index is 10.5. The van der Waals surface area contributed by atoms with E-state index in [0.29, 0.717) is 25.1 Å². The molecule has 1 amide bonds. The predicted molar refractivity (Wildman–Crippen MR) is 90.4 cm³/mol. The number of hydrogen-bond donors (Lipinski definition) is 5. The number of hydrogen-bond acceptors (Lipinski definition) is 5. The Bertz CT molecular complexity index is 644. The number of aromatic hydroxyl groups is 1. The van der Waals surface area contributed by atoms with Crippen molar-refractivity contribution < 1.29 is 15.0 Å². The van der Waals surface area contributed by atoms with E-state index in [4.69, 9.17) is 0 Å². The second-order valence-electron chi connectivity index (χ2n) is 5.13. The number of phenolic OH excluding ortho intramolecular Hbond substituents is 1. The van der Waals surface area contributed by atoms with Gasteiger partial charge in [-0.2, -0.15) is 0 Å². The Hall–Kier alpha value is -2.57. The summed E-state index contributed by atoms with van der Waals surface area (Å²) in [6.07, 6.45) is -0.252. The quantitative estimate of drug-likeness (QED) is 0.378. The van der Waals surface area contributed by atoms with Gasteiger partial charge in [0.05, 0.1) is 11.8 Å². The van der Waals surface area contributed by atoms with Gasteiger partial charge in [-0.25, -0.2) is 0 Å². The molecule has 2 aromatic carbocycles. The van der Waals surface area contributed by atoms with Crippen molar-refractivity contribution in [2.24, 2.45) is 0 Å². The minimum atomic E-state index is -0.737. The molecule has 0 aliphatic carbocycles. The van der Waals surface area contributed by atoms with Crippen LogP contribution < -0.4 is 16.0 Å². The van der Waals surface area contributed by atoms with Gasteiger partial charge < -0.3 is 26.2 Å². The van der Waals surface area contributed by atoms with Crippen molar-refractivity contribution in [3.05, 3.63) is 53.6 Å². The third-order valence-corrected chi connectivity index (χ3v) is 3.53. The van der Waals surface area contributed by atoms with Gasteiger partial charge in [-0.1, -0.05) is 18.2 Å². The molecular weight excluding hydrogens is 294 g/mol. The number of carbonyl (C=O) groups excluding carboxylic acids is 1. The molecule has 122 valence electrons. The lowest BCUT2D eigenvalue weighted by Gasteiger charge is -2.14. The molecule has 1 atom stereocenters. The minimum Gasteiger partial charge on any atom is -0.506 e.